The van der Waals surface area contributed by atoms with Crippen molar-refractivity contribution in [3.8, 4) is 0 Å². The summed E-state index contributed by atoms with van der Waals surface area (Å²) in [5.74, 6) is -1.07. The Labute approximate surface area is 149 Å². The van der Waals surface area contributed by atoms with Crippen molar-refractivity contribution < 1.29 is 23.1 Å². The van der Waals surface area contributed by atoms with Crippen LogP contribution in [0.15, 0.2) is 34.8 Å². The zero-order valence-electron chi connectivity index (χ0n) is 13.4. The molecular formula is C15H19N3O5S2. The SMILES string of the molecule is O=C(O)CC(NS(=O)(=O)c1cnn(C2CCOCC2)c1)c1cccs1. The first kappa shape index (κ1) is 18.1. The van der Waals surface area contributed by atoms with Gasteiger partial charge in [0, 0.05) is 24.3 Å². The lowest BCUT2D eigenvalue weighted by Gasteiger charge is -2.22. The first-order valence-electron chi connectivity index (χ1n) is 7.85. The Hall–Kier alpha value is -1.75. The van der Waals surface area contributed by atoms with E-state index < -0.39 is 22.0 Å². The molecule has 2 N–H and O–H groups in total. The summed E-state index contributed by atoms with van der Waals surface area (Å²) in [7, 11) is -3.87. The fourth-order valence-electron chi connectivity index (χ4n) is 2.73. The Morgan fingerprint density at radius 1 is 1.48 bits per heavy atom. The maximum Gasteiger partial charge on any atom is 0.305 e. The Morgan fingerprint density at radius 2 is 2.24 bits per heavy atom. The predicted octanol–water partition coefficient (Wildman–Crippen LogP) is 1.79. The van der Waals surface area contributed by atoms with Crippen LogP contribution in [-0.2, 0) is 19.6 Å². The highest BCUT2D eigenvalue weighted by atomic mass is 32.2. The second kappa shape index (κ2) is 7.65. The molecule has 0 spiro atoms. The number of thiophene rings is 1. The Bertz CT molecular complexity index is 810. The maximum absolute atomic E-state index is 12.6. The lowest BCUT2D eigenvalue weighted by molar-refractivity contribution is -0.137. The van der Waals surface area contributed by atoms with Crippen molar-refractivity contribution in [1.82, 2.24) is 14.5 Å². The average molecular weight is 385 g/mol. The number of nitrogens with one attached hydrogen (secondary N) is 1. The van der Waals surface area contributed by atoms with Crippen molar-refractivity contribution in [2.24, 2.45) is 0 Å². The first-order chi connectivity index (χ1) is 12.0. The summed E-state index contributed by atoms with van der Waals surface area (Å²) in [6, 6.07) is 2.78. The molecule has 136 valence electrons. The van der Waals surface area contributed by atoms with E-state index in [4.69, 9.17) is 9.84 Å². The molecule has 3 heterocycles. The molecule has 8 nitrogen and oxygen atoms in total. The maximum atomic E-state index is 12.6. The molecule has 1 saturated heterocycles. The minimum atomic E-state index is -3.87. The van der Waals surface area contributed by atoms with Gasteiger partial charge in [0.2, 0.25) is 10.0 Å². The normalized spacial score (nSPS) is 17.4. The second-order valence-corrected chi connectivity index (χ2v) is 8.48. The van der Waals surface area contributed by atoms with E-state index in [2.05, 4.69) is 9.82 Å². The molecule has 1 aliphatic heterocycles. The van der Waals surface area contributed by atoms with Crippen LogP contribution in [0.5, 0.6) is 0 Å². The number of rotatable bonds is 7. The van der Waals surface area contributed by atoms with Gasteiger partial charge in [0.15, 0.2) is 0 Å². The number of carboxylic acids is 1. The highest BCUT2D eigenvalue weighted by Crippen LogP contribution is 2.25. The number of ether oxygens (including phenoxy) is 1. The summed E-state index contributed by atoms with van der Waals surface area (Å²) in [5.41, 5.74) is 0. The van der Waals surface area contributed by atoms with Crippen LogP contribution in [0.4, 0.5) is 0 Å². The van der Waals surface area contributed by atoms with Gasteiger partial charge in [0.1, 0.15) is 4.90 Å². The Morgan fingerprint density at radius 3 is 2.88 bits per heavy atom. The van der Waals surface area contributed by atoms with Gasteiger partial charge in [-0.1, -0.05) is 6.07 Å². The van der Waals surface area contributed by atoms with Crippen molar-refractivity contribution in [2.45, 2.75) is 36.2 Å². The largest absolute Gasteiger partial charge is 0.481 e. The third-order valence-electron chi connectivity index (χ3n) is 4.02. The Balaban J connectivity index is 1.78. The van der Waals surface area contributed by atoms with E-state index in [-0.39, 0.29) is 17.4 Å². The van der Waals surface area contributed by atoms with Crippen LogP contribution < -0.4 is 4.72 Å². The summed E-state index contributed by atoms with van der Waals surface area (Å²) in [6.07, 6.45) is 4.03. The highest BCUT2D eigenvalue weighted by Gasteiger charge is 2.26. The van der Waals surface area contributed by atoms with Crippen molar-refractivity contribution in [3.05, 3.63) is 34.8 Å². The van der Waals surface area contributed by atoms with Gasteiger partial charge < -0.3 is 9.84 Å². The van der Waals surface area contributed by atoms with Crippen LogP contribution in [0.3, 0.4) is 0 Å². The fraction of sp³-hybridized carbons (Fsp3) is 0.467. The second-order valence-electron chi connectivity index (χ2n) is 5.79. The van der Waals surface area contributed by atoms with E-state index in [0.717, 1.165) is 12.8 Å². The number of sulfonamides is 1. The van der Waals surface area contributed by atoms with Crippen molar-refractivity contribution in [2.75, 3.05) is 13.2 Å². The number of hydrogen-bond donors (Lipinski definition) is 2. The lowest BCUT2D eigenvalue weighted by atomic mass is 10.1. The first-order valence-corrected chi connectivity index (χ1v) is 10.2. The molecule has 1 atom stereocenters. The zero-order valence-corrected chi connectivity index (χ0v) is 15.0. The number of nitrogens with zero attached hydrogens (tertiary/aromatic N) is 2. The van der Waals surface area contributed by atoms with Gasteiger partial charge in [-0.3, -0.25) is 9.48 Å². The lowest BCUT2D eigenvalue weighted by Crippen LogP contribution is -2.29. The van der Waals surface area contributed by atoms with E-state index in [1.165, 1.54) is 23.7 Å². The monoisotopic (exact) mass is 385 g/mol. The summed E-state index contributed by atoms with van der Waals surface area (Å²) in [6.45, 7) is 1.26. The van der Waals surface area contributed by atoms with E-state index >= 15 is 0 Å². The van der Waals surface area contributed by atoms with Gasteiger partial charge in [-0.2, -0.15) is 5.10 Å². The molecule has 0 radical (unpaired) electrons. The minimum absolute atomic E-state index is 0.0333. The van der Waals surface area contributed by atoms with Crippen molar-refractivity contribution >= 4 is 27.3 Å². The summed E-state index contributed by atoms with van der Waals surface area (Å²) in [5, 5.41) is 15.0. The van der Waals surface area contributed by atoms with Gasteiger partial charge >= 0.3 is 5.97 Å². The third kappa shape index (κ3) is 4.46. The number of aromatic nitrogens is 2. The molecule has 1 unspecified atom stereocenters. The fourth-order valence-corrected chi connectivity index (χ4v) is 4.73. The molecule has 1 aliphatic rings. The molecule has 0 amide bonds. The van der Waals surface area contributed by atoms with E-state index in [9.17, 15) is 13.2 Å². The van der Waals surface area contributed by atoms with Crippen LogP contribution in [0.1, 0.15) is 36.2 Å². The van der Waals surface area contributed by atoms with Gasteiger partial charge in [-0.05, 0) is 24.3 Å². The molecule has 1 fully saturated rings. The predicted molar refractivity (Wildman–Crippen MR) is 91.0 cm³/mol. The number of carboxylic acid groups (broad SMARTS) is 1. The molecule has 2 aromatic heterocycles. The van der Waals surface area contributed by atoms with Crippen molar-refractivity contribution in [1.29, 1.82) is 0 Å². The molecule has 0 bridgehead atoms. The van der Waals surface area contributed by atoms with Crippen LogP contribution in [-0.4, -0.2) is 42.5 Å². The van der Waals surface area contributed by atoms with Crippen molar-refractivity contribution in [3.63, 3.8) is 0 Å². The molecule has 25 heavy (non-hydrogen) atoms. The van der Waals surface area contributed by atoms with Gasteiger partial charge in [-0.25, -0.2) is 13.1 Å². The summed E-state index contributed by atoms with van der Waals surface area (Å²) < 4.78 is 34.7. The molecule has 0 saturated carbocycles. The minimum Gasteiger partial charge on any atom is -0.481 e. The highest BCUT2D eigenvalue weighted by molar-refractivity contribution is 7.89. The van der Waals surface area contributed by atoms with E-state index in [1.54, 1.807) is 22.2 Å². The number of hydrogen-bond acceptors (Lipinski definition) is 6. The molecule has 10 heteroatoms. The van der Waals surface area contributed by atoms with Crippen LogP contribution in [0.25, 0.3) is 0 Å². The van der Waals surface area contributed by atoms with Gasteiger partial charge in [-0.15, -0.1) is 11.3 Å². The van der Waals surface area contributed by atoms with Crippen LogP contribution in [0.2, 0.25) is 0 Å². The molecule has 0 aromatic carbocycles. The third-order valence-corrected chi connectivity index (χ3v) is 6.43. The van der Waals surface area contributed by atoms with E-state index in [1.807, 2.05) is 0 Å². The zero-order chi connectivity index (χ0) is 17.9. The number of carbonyl (C=O) groups is 1. The van der Waals surface area contributed by atoms with E-state index in [0.29, 0.717) is 18.1 Å². The molecular weight excluding hydrogens is 366 g/mol. The summed E-state index contributed by atoms with van der Waals surface area (Å²) in [4.78, 5) is 11.8. The molecule has 0 aliphatic carbocycles. The van der Waals surface area contributed by atoms with Crippen LogP contribution >= 0.6 is 11.3 Å². The van der Waals surface area contributed by atoms with Gasteiger partial charge in [0.25, 0.3) is 0 Å². The average Bonchev–Trinajstić information content (AvgIpc) is 3.27. The molecule has 2 aromatic rings. The topological polar surface area (TPSA) is 111 Å². The summed E-state index contributed by atoms with van der Waals surface area (Å²) >= 11 is 1.31. The molecule has 3 rings (SSSR count). The smallest absolute Gasteiger partial charge is 0.305 e. The standard InChI is InChI=1S/C15H19N3O5S2/c19-15(20)8-13(14-2-1-7-24-14)17-25(21,22)12-9-16-18(10-12)11-3-5-23-6-4-11/h1-2,7,9-11,13,17H,3-6,8H2,(H,19,20). The Kier molecular flexibility index (Phi) is 5.52. The number of aliphatic carboxylic acids is 1. The van der Waals surface area contributed by atoms with Crippen LogP contribution in [0, 0.1) is 0 Å². The van der Waals surface area contributed by atoms with Gasteiger partial charge in [0.05, 0.1) is 24.7 Å². The quantitative estimate of drug-likeness (QED) is 0.752.